The molecule has 7 nitrogen and oxygen atoms in total. The highest BCUT2D eigenvalue weighted by molar-refractivity contribution is 5.81. The highest BCUT2D eigenvalue weighted by Crippen LogP contribution is 2.41. The van der Waals surface area contributed by atoms with E-state index in [1.165, 1.54) is 18.2 Å². The summed E-state index contributed by atoms with van der Waals surface area (Å²) in [6.07, 6.45) is 1.78. The van der Waals surface area contributed by atoms with Gasteiger partial charge in [-0.15, -0.1) is 0 Å². The molecular formula is C36H48F3N3O4. The van der Waals surface area contributed by atoms with Crippen molar-refractivity contribution in [1.82, 2.24) is 14.7 Å². The number of likely N-dealkylation sites (tertiary alicyclic amines) is 1. The average molecular weight is 644 g/mol. The summed E-state index contributed by atoms with van der Waals surface area (Å²) < 4.78 is 55.4. The number of amides is 1. The number of hydrogen-bond donors (Lipinski definition) is 0. The molecule has 252 valence electrons. The van der Waals surface area contributed by atoms with Gasteiger partial charge in [0.1, 0.15) is 29.1 Å². The zero-order valence-electron chi connectivity index (χ0n) is 28.0. The van der Waals surface area contributed by atoms with E-state index in [0.29, 0.717) is 57.1 Å². The number of esters is 1. The number of ether oxygens (including phenoxy) is 2. The Labute approximate surface area is 271 Å². The third kappa shape index (κ3) is 7.60. The number of aryl methyl sites for hydroxylation is 1. The number of rotatable bonds is 7. The molecule has 5 rings (SSSR count). The fourth-order valence-corrected chi connectivity index (χ4v) is 7.31. The van der Waals surface area contributed by atoms with E-state index < -0.39 is 41.1 Å². The normalized spacial score (nSPS) is 25.0. The summed E-state index contributed by atoms with van der Waals surface area (Å²) in [5, 5.41) is 0. The number of benzene rings is 2. The predicted molar refractivity (Wildman–Crippen MR) is 170 cm³/mol. The second kappa shape index (κ2) is 13.6. The number of halogens is 3. The van der Waals surface area contributed by atoms with Crippen molar-refractivity contribution in [1.29, 1.82) is 0 Å². The molecule has 3 heterocycles. The Hall–Kier alpha value is -2.95. The molecule has 0 radical (unpaired) electrons. The van der Waals surface area contributed by atoms with E-state index in [1.54, 1.807) is 26.8 Å². The molecule has 3 saturated heterocycles. The molecular weight excluding hydrogens is 595 g/mol. The van der Waals surface area contributed by atoms with Gasteiger partial charge in [0.15, 0.2) is 0 Å². The summed E-state index contributed by atoms with van der Waals surface area (Å²) in [5.41, 5.74) is 0.688. The van der Waals surface area contributed by atoms with Gasteiger partial charge in [0.25, 0.3) is 0 Å². The van der Waals surface area contributed by atoms with Crippen molar-refractivity contribution >= 4 is 11.9 Å². The summed E-state index contributed by atoms with van der Waals surface area (Å²) in [7, 11) is 0. The van der Waals surface area contributed by atoms with Crippen molar-refractivity contribution in [3.8, 4) is 0 Å². The molecule has 0 N–H and O–H groups in total. The lowest BCUT2D eigenvalue weighted by Gasteiger charge is -2.44. The van der Waals surface area contributed by atoms with Crippen LogP contribution < -0.4 is 0 Å². The molecule has 2 aromatic rings. The van der Waals surface area contributed by atoms with Crippen LogP contribution in [0, 0.1) is 30.3 Å². The SMILES string of the molecule is Cc1ccc(C[C@@H](C(=O)OC(C)(C)C)N2CCN(C(=O)C3CN(C4(C)CCOCC4)CC3c3ccc(F)cc3F)[C@@H](C)C2)c(F)c1. The lowest BCUT2D eigenvalue weighted by molar-refractivity contribution is -0.163. The predicted octanol–water partition coefficient (Wildman–Crippen LogP) is 5.48. The van der Waals surface area contributed by atoms with Gasteiger partial charge in [0.2, 0.25) is 5.91 Å². The molecule has 0 aliphatic carbocycles. The molecule has 3 fully saturated rings. The monoisotopic (exact) mass is 643 g/mol. The van der Waals surface area contributed by atoms with Gasteiger partial charge in [-0.1, -0.05) is 18.2 Å². The van der Waals surface area contributed by atoms with Gasteiger partial charge in [0, 0.05) is 75.9 Å². The first kappa shape index (κ1) is 34.4. The van der Waals surface area contributed by atoms with Gasteiger partial charge in [-0.25, -0.2) is 13.2 Å². The molecule has 10 heteroatoms. The van der Waals surface area contributed by atoms with Crippen LogP contribution in [0.5, 0.6) is 0 Å². The molecule has 1 amide bonds. The second-order valence-electron chi connectivity index (χ2n) is 14.6. The van der Waals surface area contributed by atoms with Crippen molar-refractivity contribution in [2.45, 2.75) is 89.9 Å². The average Bonchev–Trinajstić information content (AvgIpc) is 3.42. The molecule has 0 aromatic heterocycles. The van der Waals surface area contributed by atoms with Crippen LogP contribution >= 0.6 is 0 Å². The second-order valence-corrected chi connectivity index (χ2v) is 14.6. The van der Waals surface area contributed by atoms with Gasteiger partial charge >= 0.3 is 5.97 Å². The minimum absolute atomic E-state index is 0.0718. The van der Waals surface area contributed by atoms with Crippen molar-refractivity contribution in [3.05, 3.63) is 70.5 Å². The Morgan fingerprint density at radius 3 is 2.35 bits per heavy atom. The van der Waals surface area contributed by atoms with Crippen LogP contribution in [-0.4, -0.2) is 95.7 Å². The van der Waals surface area contributed by atoms with Crippen LogP contribution in [0.15, 0.2) is 36.4 Å². The van der Waals surface area contributed by atoms with Crippen LogP contribution in [0.25, 0.3) is 0 Å². The fourth-order valence-electron chi connectivity index (χ4n) is 7.31. The van der Waals surface area contributed by atoms with Crippen LogP contribution in [-0.2, 0) is 25.5 Å². The largest absolute Gasteiger partial charge is 0.459 e. The van der Waals surface area contributed by atoms with Gasteiger partial charge in [-0.2, -0.15) is 0 Å². The minimum Gasteiger partial charge on any atom is -0.459 e. The molecule has 0 saturated carbocycles. The Morgan fingerprint density at radius 2 is 1.72 bits per heavy atom. The van der Waals surface area contributed by atoms with Gasteiger partial charge in [-0.3, -0.25) is 19.4 Å². The Balaban J connectivity index is 1.37. The zero-order chi connectivity index (χ0) is 33.4. The number of carbonyl (C=O) groups is 2. The fraction of sp³-hybridized carbons (Fsp3) is 0.611. The summed E-state index contributed by atoms with van der Waals surface area (Å²) in [6.45, 7) is 14.7. The molecule has 46 heavy (non-hydrogen) atoms. The maximum Gasteiger partial charge on any atom is 0.324 e. The number of nitrogens with zero attached hydrogens (tertiary/aromatic N) is 3. The first-order valence-electron chi connectivity index (χ1n) is 16.5. The van der Waals surface area contributed by atoms with Gasteiger partial charge in [0.05, 0.1) is 5.92 Å². The highest BCUT2D eigenvalue weighted by Gasteiger charge is 2.48. The first-order valence-corrected chi connectivity index (χ1v) is 16.5. The van der Waals surface area contributed by atoms with E-state index in [1.807, 2.05) is 29.7 Å². The summed E-state index contributed by atoms with van der Waals surface area (Å²) in [6, 6.07) is 7.64. The molecule has 4 atom stereocenters. The maximum absolute atomic E-state index is 15.2. The van der Waals surface area contributed by atoms with Crippen LogP contribution in [0.3, 0.4) is 0 Å². The summed E-state index contributed by atoms with van der Waals surface area (Å²) in [5.74, 6) is -3.10. The molecule has 0 spiro atoms. The third-order valence-electron chi connectivity index (χ3n) is 10.0. The third-order valence-corrected chi connectivity index (χ3v) is 10.0. The van der Waals surface area contributed by atoms with E-state index in [0.717, 1.165) is 24.5 Å². The molecule has 3 aliphatic rings. The molecule has 3 aliphatic heterocycles. The van der Waals surface area contributed by atoms with E-state index in [4.69, 9.17) is 9.47 Å². The molecule has 2 unspecified atom stereocenters. The van der Waals surface area contributed by atoms with E-state index in [-0.39, 0.29) is 29.7 Å². The minimum atomic E-state index is -0.729. The quantitative estimate of drug-likeness (QED) is 0.373. The van der Waals surface area contributed by atoms with E-state index in [9.17, 15) is 18.4 Å². The van der Waals surface area contributed by atoms with Crippen molar-refractivity contribution < 1.29 is 32.2 Å². The first-order chi connectivity index (χ1) is 21.6. The van der Waals surface area contributed by atoms with Gasteiger partial charge in [-0.05, 0) is 83.2 Å². The lowest BCUT2D eigenvalue weighted by atomic mass is 9.87. The van der Waals surface area contributed by atoms with Crippen LogP contribution in [0.2, 0.25) is 0 Å². The van der Waals surface area contributed by atoms with E-state index in [2.05, 4.69) is 11.8 Å². The van der Waals surface area contributed by atoms with Crippen molar-refractivity contribution in [2.24, 2.45) is 5.92 Å². The Kier molecular flexibility index (Phi) is 10.2. The number of carbonyl (C=O) groups excluding carboxylic acids is 2. The number of hydrogen-bond acceptors (Lipinski definition) is 6. The lowest BCUT2D eigenvalue weighted by Crippen LogP contribution is -2.60. The van der Waals surface area contributed by atoms with Crippen molar-refractivity contribution in [3.63, 3.8) is 0 Å². The highest BCUT2D eigenvalue weighted by atomic mass is 19.1. The summed E-state index contributed by atoms with van der Waals surface area (Å²) in [4.78, 5) is 34.0. The van der Waals surface area contributed by atoms with Crippen LogP contribution in [0.4, 0.5) is 13.2 Å². The summed E-state index contributed by atoms with van der Waals surface area (Å²) >= 11 is 0. The maximum atomic E-state index is 15.2. The molecule has 2 aromatic carbocycles. The van der Waals surface area contributed by atoms with E-state index >= 15 is 4.39 Å². The topological polar surface area (TPSA) is 62.3 Å². The molecule has 0 bridgehead atoms. The number of piperazine rings is 1. The van der Waals surface area contributed by atoms with Crippen LogP contribution in [0.1, 0.15) is 70.1 Å². The Morgan fingerprint density at radius 1 is 1.00 bits per heavy atom. The zero-order valence-corrected chi connectivity index (χ0v) is 28.0. The Bertz CT molecular complexity index is 1420. The smallest absolute Gasteiger partial charge is 0.324 e. The van der Waals surface area contributed by atoms with Crippen molar-refractivity contribution in [2.75, 3.05) is 45.9 Å². The standard InChI is InChI=1S/C36H48F3N3O4/c1-23-7-8-25(30(38)17-23)18-32(34(44)46-35(3,4)5)40-13-14-42(24(2)20-40)33(43)29-22-41(36(6)11-15-45-16-12-36)21-28(29)27-10-9-26(37)19-31(27)39/h7-10,17,19,24,28-29,32H,11-16,18,20-22H2,1-6H3/t24-,28?,29?,32-/m0/s1. The van der Waals surface area contributed by atoms with Gasteiger partial charge < -0.3 is 14.4 Å².